The highest BCUT2D eigenvalue weighted by atomic mass is 35.5. The number of para-hydroxylation sites is 1. The van der Waals surface area contributed by atoms with Crippen LogP contribution >= 0.6 is 23.2 Å². The van der Waals surface area contributed by atoms with Crippen molar-refractivity contribution in [3.05, 3.63) is 42.2 Å². The maximum absolute atomic E-state index is 6.00. The third kappa shape index (κ3) is 1.19. The molecule has 1 aliphatic heterocycles. The molecule has 2 rings (SSSR count). The average Bonchev–Trinajstić information content (AvgIpc) is 2.04. The van der Waals surface area contributed by atoms with Crippen LogP contribution < -0.4 is 4.74 Å². The first kappa shape index (κ1) is 7.96. The molecule has 0 spiro atoms. The number of hydrogen-bond donors (Lipinski definition) is 0. The van der Waals surface area contributed by atoms with Crippen LogP contribution in [0.15, 0.2) is 36.6 Å². The minimum Gasteiger partial charge on any atom is -0.465 e. The number of allylic oxidation sites excluding steroid dienone is 1. The number of rotatable bonds is 0. The van der Waals surface area contributed by atoms with Crippen molar-refractivity contribution < 1.29 is 4.74 Å². The van der Waals surface area contributed by atoms with E-state index in [9.17, 15) is 0 Å². The standard InChI is InChI=1S/C9H6Cl2O/c10-9(11)5-6-12-8-4-2-1-3-7(8)9/h1-6H. The van der Waals surface area contributed by atoms with Crippen LogP contribution in [0.3, 0.4) is 0 Å². The van der Waals surface area contributed by atoms with Crippen LogP contribution in [-0.4, -0.2) is 0 Å². The first-order valence-corrected chi connectivity index (χ1v) is 4.27. The fourth-order valence-corrected chi connectivity index (χ4v) is 1.54. The monoisotopic (exact) mass is 200 g/mol. The molecule has 0 bridgehead atoms. The maximum atomic E-state index is 6.00. The summed E-state index contributed by atoms with van der Waals surface area (Å²) in [6, 6.07) is 7.43. The molecule has 0 N–H and O–H groups in total. The highest BCUT2D eigenvalue weighted by molar-refractivity contribution is 6.49. The van der Waals surface area contributed by atoms with E-state index in [4.69, 9.17) is 27.9 Å². The number of ether oxygens (including phenoxy) is 1. The van der Waals surface area contributed by atoms with Gasteiger partial charge in [-0.15, -0.1) is 0 Å². The molecule has 12 heavy (non-hydrogen) atoms. The molecule has 1 aromatic rings. The van der Waals surface area contributed by atoms with Crippen molar-refractivity contribution in [1.82, 2.24) is 0 Å². The fraction of sp³-hybridized carbons (Fsp3) is 0.111. The maximum Gasteiger partial charge on any atom is 0.168 e. The molecule has 0 fully saturated rings. The lowest BCUT2D eigenvalue weighted by atomic mass is 10.1. The van der Waals surface area contributed by atoms with Gasteiger partial charge in [0.05, 0.1) is 6.26 Å². The second-order valence-electron chi connectivity index (χ2n) is 2.54. The van der Waals surface area contributed by atoms with Gasteiger partial charge in [0.15, 0.2) is 4.33 Å². The van der Waals surface area contributed by atoms with Crippen LogP contribution in [0.5, 0.6) is 5.75 Å². The summed E-state index contributed by atoms with van der Waals surface area (Å²) in [6.07, 6.45) is 3.11. The summed E-state index contributed by atoms with van der Waals surface area (Å²) >= 11 is 12.0. The van der Waals surface area contributed by atoms with Crippen molar-refractivity contribution in [3.8, 4) is 5.75 Å². The van der Waals surface area contributed by atoms with E-state index in [-0.39, 0.29) is 0 Å². The average molecular weight is 201 g/mol. The molecule has 0 aromatic heterocycles. The van der Waals surface area contributed by atoms with E-state index in [0.717, 1.165) is 5.56 Å². The number of fused-ring (bicyclic) bond motifs is 1. The first-order valence-electron chi connectivity index (χ1n) is 3.52. The minimum absolute atomic E-state index is 0.713. The highest BCUT2D eigenvalue weighted by Gasteiger charge is 2.29. The normalized spacial score (nSPS) is 18.2. The topological polar surface area (TPSA) is 9.23 Å². The molecule has 0 radical (unpaired) electrons. The largest absolute Gasteiger partial charge is 0.465 e. The predicted octanol–water partition coefficient (Wildman–Crippen LogP) is 3.22. The molecule has 1 heterocycles. The second kappa shape index (κ2) is 2.68. The second-order valence-corrected chi connectivity index (χ2v) is 3.93. The number of alkyl halides is 2. The number of halogens is 2. The van der Waals surface area contributed by atoms with Crippen LogP contribution in [0.25, 0.3) is 0 Å². The van der Waals surface area contributed by atoms with Crippen LogP contribution in [-0.2, 0) is 4.33 Å². The van der Waals surface area contributed by atoms with Gasteiger partial charge in [0.1, 0.15) is 5.75 Å². The van der Waals surface area contributed by atoms with E-state index in [1.165, 1.54) is 6.26 Å². The van der Waals surface area contributed by atoms with Crippen molar-refractivity contribution in [3.63, 3.8) is 0 Å². The van der Waals surface area contributed by atoms with E-state index in [1.54, 1.807) is 6.08 Å². The molecule has 0 saturated carbocycles. The van der Waals surface area contributed by atoms with Crippen molar-refractivity contribution >= 4 is 23.2 Å². The Kier molecular flexibility index (Phi) is 1.78. The van der Waals surface area contributed by atoms with E-state index >= 15 is 0 Å². The third-order valence-electron chi connectivity index (χ3n) is 1.72. The molecular formula is C9H6Cl2O. The molecule has 0 saturated heterocycles. The van der Waals surface area contributed by atoms with E-state index in [2.05, 4.69) is 0 Å². The fourth-order valence-electron chi connectivity index (χ4n) is 1.13. The Bertz CT molecular complexity index is 331. The van der Waals surface area contributed by atoms with Crippen molar-refractivity contribution in [2.75, 3.05) is 0 Å². The van der Waals surface area contributed by atoms with Gasteiger partial charge in [-0.25, -0.2) is 0 Å². The van der Waals surface area contributed by atoms with Gasteiger partial charge in [-0.05, 0) is 12.1 Å². The lowest BCUT2D eigenvalue weighted by Crippen LogP contribution is -2.12. The Hall–Kier alpha value is -0.660. The van der Waals surface area contributed by atoms with Gasteiger partial charge in [0.25, 0.3) is 0 Å². The summed E-state index contributed by atoms with van der Waals surface area (Å²) in [6.45, 7) is 0. The zero-order chi connectivity index (χ0) is 8.60. The molecular weight excluding hydrogens is 195 g/mol. The van der Waals surface area contributed by atoms with E-state index < -0.39 is 4.33 Å². The Labute approximate surface area is 80.6 Å². The Morgan fingerprint density at radius 1 is 1.17 bits per heavy atom. The van der Waals surface area contributed by atoms with Gasteiger partial charge < -0.3 is 4.74 Å². The summed E-state index contributed by atoms with van der Waals surface area (Å²) < 4.78 is 4.26. The third-order valence-corrected chi connectivity index (χ3v) is 2.38. The van der Waals surface area contributed by atoms with Gasteiger partial charge in [-0.3, -0.25) is 0 Å². The molecule has 0 unspecified atom stereocenters. The smallest absolute Gasteiger partial charge is 0.168 e. The summed E-state index contributed by atoms with van der Waals surface area (Å²) in [5.41, 5.74) is 0.788. The SMILES string of the molecule is ClC1(Cl)C=COc2ccccc21. The molecule has 0 atom stereocenters. The van der Waals surface area contributed by atoms with Crippen molar-refractivity contribution in [2.24, 2.45) is 0 Å². The van der Waals surface area contributed by atoms with Gasteiger partial charge >= 0.3 is 0 Å². The number of hydrogen-bond acceptors (Lipinski definition) is 1. The molecule has 0 amide bonds. The van der Waals surface area contributed by atoms with Crippen molar-refractivity contribution in [2.45, 2.75) is 4.33 Å². The Balaban J connectivity index is 2.58. The molecule has 1 nitrogen and oxygen atoms in total. The first-order chi connectivity index (χ1) is 5.70. The summed E-state index contributed by atoms with van der Waals surface area (Å²) in [7, 11) is 0. The van der Waals surface area contributed by atoms with Crippen LogP contribution in [0.1, 0.15) is 5.56 Å². The van der Waals surface area contributed by atoms with Gasteiger partial charge in [0, 0.05) is 5.56 Å². The van der Waals surface area contributed by atoms with Gasteiger partial charge in [-0.1, -0.05) is 41.4 Å². The minimum atomic E-state index is -0.950. The van der Waals surface area contributed by atoms with E-state index in [1.807, 2.05) is 24.3 Å². The molecule has 1 aromatic carbocycles. The van der Waals surface area contributed by atoms with E-state index in [0.29, 0.717) is 5.75 Å². The Morgan fingerprint density at radius 2 is 1.92 bits per heavy atom. The zero-order valence-corrected chi connectivity index (χ0v) is 7.64. The zero-order valence-electron chi connectivity index (χ0n) is 6.13. The summed E-state index contributed by atoms with van der Waals surface area (Å²) in [5, 5.41) is 0. The summed E-state index contributed by atoms with van der Waals surface area (Å²) in [5.74, 6) is 0.713. The van der Waals surface area contributed by atoms with Crippen LogP contribution in [0.2, 0.25) is 0 Å². The number of benzene rings is 1. The lowest BCUT2D eigenvalue weighted by Gasteiger charge is -2.22. The van der Waals surface area contributed by atoms with Crippen LogP contribution in [0, 0.1) is 0 Å². The summed E-state index contributed by atoms with van der Waals surface area (Å²) in [4.78, 5) is 0. The van der Waals surface area contributed by atoms with Crippen LogP contribution in [0.4, 0.5) is 0 Å². The van der Waals surface area contributed by atoms with Gasteiger partial charge in [-0.2, -0.15) is 0 Å². The van der Waals surface area contributed by atoms with Crippen molar-refractivity contribution in [1.29, 1.82) is 0 Å². The van der Waals surface area contributed by atoms with Gasteiger partial charge in [0.2, 0.25) is 0 Å². The lowest BCUT2D eigenvalue weighted by molar-refractivity contribution is 0.459. The highest BCUT2D eigenvalue weighted by Crippen LogP contribution is 2.42. The molecule has 1 aliphatic rings. The molecule has 0 aliphatic carbocycles. The predicted molar refractivity (Wildman–Crippen MR) is 49.6 cm³/mol. The molecule has 62 valence electrons. The Morgan fingerprint density at radius 3 is 2.67 bits per heavy atom. The molecule has 3 heteroatoms. The quantitative estimate of drug-likeness (QED) is 0.585.